The van der Waals surface area contributed by atoms with Crippen molar-refractivity contribution in [1.82, 2.24) is 0 Å². The highest BCUT2D eigenvalue weighted by molar-refractivity contribution is 5.66. The zero-order chi connectivity index (χ0) is 10.4. The summed E-state index contributed by atoms with van der Waals surface area (Å²) in [6.07, 6.45) is 1.54. The molecule has 0 bridgehead atoms. The molecular formula is C12H13NO. The molecule has 1 aromatic carbocycles. The number of nitrogens with zero attached hydrogens (tertiary/aromatic N) is 1. The highest BCUT2D eigenvalue weighted by Gasteiger charge is 1.96. The number of nitriles is 1. The average Bonchev–Trinajstić information content (AvgIpc) is 2.20. The maximum atomic E-state index is 8.49. The minimum Gasteiger partial charge on any atom is -0.494 e. The molecule has 72 valence electrons. The maximum absolute atomic E-state index is 8.49. The highest BCUT2D eigenvalue weighted by atomic mass is 16.5. The van der Waals surface area contributed by atoms with Crippen molar-refractivity contribution in [1.29, 1.82) is 5.26 Å². The molecule has 1 aromatic rings. The molecule has 14 heavy (non-hydrogen) atoms. The second-order valence-electron chi connectivity index (χ2n) is 2.91. The van der Waals surface area contributed by atoms with Crippen LogP contribution in [0.5, 0.6) is 5.75 Å². The number of benzene rings is 1. The molecule has 0 aromatic heterocycles. The second kappa shape index (κ2) is 5.08. The molecule has 0 aliphatic heterocycles. The van der Waals surface area contributed by atoms with Crippen LogP contribution < -0.4 is 4.74 Å². The molecular weight excluding hydrogens is 174 g/mol. The van der Waals surface area contributed by atoms with Gasteiger partial charge in [0.25, 0.3) is 0 Å². The van der Waals surface area contributed by atoms with E-state index < -0.39 is 0 Å². The van der Waals surface area contributed by atoms with Gasteiger partial charge in [-0.2, -0.15) is 5.26 Å². The Bertz CT molecular complexity index is 357. The fourth-order valence-corrected chi connectivity index (χ4v) is 1.16. The van der Waals surface area contributed by atoms with Gasteiger partial charge in [0.15, 0.2) is 0 Å². The molecule has 0 saturated heterocycles. The zero-order valence-electron chi connectivity index (χ0n) is 8.45. The van der Waals surface area contributed by atoms with Crippen molar-refractivity contribution in [3.63, 3.8) is 0 Å². The molecule has 0 amide bonds. The Morgan fingerprint density at radius 2 is 2.07 bits per heavy atom. The summed E-state index contributed by atoms with van der Waals surface area (Å²) in [7, 11) is 0. The monoisotopic (exact) mass is 187 g/mol. The van der Waals surface area contributed by atoms with E-state index in [9.17, 15) is 0 Å². The fourth-order valence-electron chi connectivity index (χ4n) is 1.16. The Balaban J connectivity index is 2.84. The van der Waals surface area contributed by atoms with Gasteiger partial charge in [0.2, 0.25) is 0 Å². The van der Waals surface area contributed by atoms with Crippen molar-refractivity contribution in [2.45, 2.75) is 13.8 Å². The molecule has 0 fully saturated rings. The third kappa shape index (κ3) is 2.63. The van der Waals surface area contributed by atoms with Crippen LogP contribution in [0.3, 0.4) is 0 Å². The quantitative estimate of drug-likeness (QED) is 0.681. The summed E-state index contributed by atoms with van der Waals surface area (Å²) in [5.74, 6) is 0.862. The van der Waals surface area contributed by atoms with E-state index in [0.717, 1.165) is 16.9 Å². The normalized spacial score (nSPS) is 10.8. The third-order valence-electron chi connectivity index (χ3n) is 1.90. The summed E-state index contributed by atoms with van der Waals surface area (Å²) in [6, 6.07) is 9.74. The Kier molecular flexibility index (Phi) is 3.75. The lowest BCUT2D eigenvalue weighted by atomic mass is 10.1. The predicted molar refractivity (Wildman–Crippen MR) is 56.9 cm³/mol. The van der Waals surface area contributed by atoms with Crippen LogP contribution in [0.4, 0.5) is 0 Å². The lowest BCUT2D eigenvalue weighted by molar-refractivity contribution is 0.340. The average molecular weight is 187 g/mol. The molecule has 0 saturated carbocycles. The van der Waals surface area contributed by atoms with Crippen LogP contribution in [0, 0.1) is 11.3 Å². The molecule has 0 aliphatic rings. The van der Waals surface area contributed by atoms with Crippen molar-refractivity contribution in [2.24, 2.45) is 0 Å². The van der Waals surface area contributed by atoms with Crippen LogP contribution in [-0.2, 0) is 0 Å². The number of allylic oxidation sites excluding steroid dienone is 2. The van der Waals surface area contributed by atoms with Crippen LogP contribution in [0.1, 0.15) is 19.4 Å². The van der Waals surface area contributed by atoms with Crippen molar-refractivity contribution in [2.75, 3.05) is 6.61 Å². The second-order valence-corrected chi connectivity index (χ2v) is 2.91. The van der Waals surface area contributed by atoms with Gasteiger partial charge in [-0.3, -0.25) is 0 Å². The molecule has 0 unspecified atom stereocenters. The van der Waals surface area contributed by atoms with Gasteiger partial charge in [-0.25, -0.2) is 0 Å². The molecule has 0 atom stereocenters. The highest BCUT2D eigenvalue weighted by Crippen LogP contribution is 2.17. The smallest absolute Gasteiger partial charge is 0.119 e. The lowest BCUT2D eigenvalue weighted by Crippen LogP contribution is -1.90. The van der Waals surface area contributed by atoms with Crippen molar-refractivity contribution in [3.05, 3.63) is 35.9 Å². The summed E-state index contributed by atoms with van der Waals surface area (Å²) in [4.78, 5) is 0. The molecule has 0 heterocycles. The van der Waals surface area contributed by atoms with Gasteiger partial charge in [-0.1, -0.05) is 12.1 Å². The van der Waals surface area contributed by atoms with E-state index in [0.29, 0.717) is 6.61 Å². The summed E-state index contributed by atoms with van der Waals surface area (Å²) >= 11 is 0. The van der Waals surface area contributed by atoms with Crippen LogP contribution in [0.15, 0.2) is 30.3 Å². The van der Waals surface area contributed by atoms with E-state index in [1.54, 1.807) is 0 Å². The Morgan fingerprint density at radius 3 is 2.57 bits per heavy atom. The number of ether oxygens (including phenoxy) is 1. The minimum atomic E-state index is 0.673. The standard InChI is InChI=1S/C12H13NO/c1-3-14-12-6-4-11(5-7-12)10(2)8-9-13/h4-8H,3H2,1-2H3. The van der Waals surface area contributed by atoms with Crippen LogP contribution >= 0.6 is 0 Å². The van der Waals surface area contributed by atoms with E-state index >= 15 is 0 Å². The lowest BCUT2D eigenvalue weighted by Gasteiger charge is -2.04. The number of hydrogen-bond acceptors (Lipinski definition) is 2. The van der Waals surface area contributed by atoms with Gasteiger partial charge < -0.3 is 4.74 Å². The number of rotatable bonds is 3. The summed E-state index contributed by atoms with van der Waals surface area (Å²) < 4.78 is 5.32. The van der Waals surface area contributed by atoms with E-state index in [2.05, 4.69) is 0 Å². The first-order valence-electron chi connectivity index (χ1n) is 4.57. The predicted octanol–water partition coefficient (Wildman–Crippen LogP) is 3.01. The third-order valence-corrected chi connectivity index (χ3v) is 1.90. The first-order valence-corrected chi connectivity index (χ1v) is 4.57. The molecule has 0 spiro atoms. The SMILES string of the molecule is CCOc1ccc(C(C)=CC#N)cc1. The largest absolute Gasteiger partial charge is 0.494 e. The Hall–Kier alpha value is -1.75. The van der Waals surface area contributed by atoms with Crippen LogP contribution in [0.2, 0.25) is 0 Å². The van der Waals surface area contributed by atoms with Crippen LogP contribution in [-0.4, -0.2) is 6.61 Å². The first kappa shape index (κ1) is 10.3. The van der Waals surface area contributed by atoms with E-state index in [1.165, 1.54) is 6.08 Å². The van der Waals surface area contributed by atoms with Crippen LogP contribution in [0.25, 0.3) is 5.57 Å². The topological polar surface area (TPSA) is 33.0 Å². The zero-order valence-corrected chi connectivity index (χ0v) is 8.45. The van der Waals surface area contributed by atoms with Gasteiger partial charge >= 0.3 is 0 Å². The molecule has 0 N–H and O–H groups in total. The van der Waals surface area contributed by atoms with E-state index in [-0.39, 0.29) is 0 Å². The van der Waals surface area contributed by atoms with Gasteiger partial charge in [-0.05, 0) is 37.1 Å². The van der Waals surface area contributed by atoms with Gasteiger partial charge in [-0.15, -0.1) is 0 Å². The van der Waals surface area contributed by atoms with Crippen molar-refractivity contribution in [3.8, 4) is 11.8 Å². The van der Waals surface area contributed by atoms with E-state index in [1.807, 2.05) is 44.2 Å². The molecule has 2 nitrogen and oxygen atoms in total. The Labute approximate surface area is 84.4 Å². The Morgan fingerprint density at radius 1 is 1.43 bits per heavy atom. The maximum Gasteiger partial charge on any atom is 0.119 e. The summed E-state index contributed by atoms with van der Waals surface area (Å²) in [5, 5.41) is 8.49. The molecule has 0 radical (unpaired) electrons. The van der Waals surface area contributed by atoms with Gasteiger partial charge in [0, 0.05) is 6.08 Å². The molecule has 0 aliphatic carbocycles. The van der Waals surface area contributed by atoms with Gasteiger partial charge in [0.1, 0.15) is 5.75 Å². The molecule has 1 rings (SSSR count). The summed E-state index contributed by atoms with van der Waals surface area (Å²) in [5.41, 5.74) is 2.02. The van der Waals surface area contributed by atoms with Gasteiger partial charge in [0.05, 0.1) is 12.7 Å². The minimum absolute atomic E-state index is 0.673. The van der Waals surface area contributed by atoms with Crippen molar-refractivity contribution >= 4 is 5.57 Å². The first-order chi connectivity index (χ1) is 6.77. The fraction of sp³-hybridized carbons (Fsp3) is 0.250. The van der Waals surface area contributed by atoms with E-state index in [4.69, 9.17) is 10.00 Å². The number of hydrogen-bond donors (Lipinski definition) is 0. The molecule has 2 heteroatoms. The van der Waals surface area contributed by atoms with Crippen molar-refractivity contribution < 1.29 is 4.74 Å². The summed E-state index contributed by atoms with van der Waals surface area (Å²) in [6.45, 7) is 4.54.